The van der Waals surface area contributed by atoms with Crippen LogP contribution < -0.4 is 5.32 Å². The third-order valence-corrected chi connectivity index (χ3v) is 6.39. The normalized spacial score (nSPS) is 18.2. The molecule has 4 aromatic heterocycles. The molecule has 0 radical (unpaired) electrons. The molecule has 1 saturated carbocycles. The van der Waals surface area contributed by atoms with E-state index in [-0.39, 0.29) is 18.1 Å². The summed E-state index contributed by atoms with van der Waals surface area (Å²) < 4.78 is 7.74. The van der Waals surface area contributed by atoms with Gasteiger partial charge in [-0.15, -0.1) is 11.3 Å². The Morgan fingerprint density at radius 2 is 2.31 bits per heavy atom. The van der Waals surface area contributed by atoms with Crippen molar-refractivity contribution in [1.82, 2.24) is 29.9 Å². The highest BCUT2D eigenvalue weighted by Gasteiger charge is 2.28. The van der Waals surface area contributed by atoms with Crippen molar-refractivity contribution in [2.75, 3.05) is 11.9 Å². The minimum Gasteiger partial charge on any atom is -0.378 e. The number of H-pyrrole nitrogens is 1. The van der Waals surface area contributed by atoms with Crippen LogP contribution in [0.2, 0.25) is 0 Å². The van der Waals surface area contributed by atoms with Crippen LogP contribution in [0.15, 0.2) is 48.4 Å². The van der Waals surface area contributed by atoms with Gasteiger partial charge >= 0.3 is 0 Å². The Hall–Kier alpha value is -3.37. The molecule has 164 valence electrons. The Bertz CT molecular complexity index is 1190. The van der Waals surface area contributed by atoms with Crippen molar-refractivity contribution in [2.24, 2.45) is 0 Å². The van der Waals surface area contributed by atoms with E-state index in [1.165, 1.54) is 11.3 Å². The number of ether oxygens (including phenoxy) is 1. The SMILES string of the molecule is CCOC1CCC(n2cc(NC(=O)c3csc(-c4cn[nH]c4)n3)c(-c3ccccn3)n2)C1. The number of amides is 1. The molecule has 0 aliphatic heterocycles. The number of nitrogens with one attached hydrogen (secondary N) is 2. The molecule has 2 N–H and O–H groups in total. The van der Waals surface area contributed by atoms with Crippen LogP contribution in [0.3, 0.4) is 0 Å². The van der Waals surface area contributed by atoms with E-state index in [4.69, 9.17) is 9.84 Å². The van der Waals surface area contributed by atoms with E-state index >= 15 is 0 Å². The maximum atomic E-state index is 13.0. The van der Waals surface area contributed by atoms with Crippen LogP contribution in [0, 0.1) is 0 Å². The second-order valence-electron chi connectivity index (χ2n) is 7.61. The van der Waals surface area contributed by atoms with E-state index in [0.717, 1.165) is 29.8 Å². The van der Waals surface area contributed by atoms with Crippen molar-refractivity contribution in [2.45, 2.75) is 38.3 Å². The lowest BCUT2D eigenvalue weighted by Crippen LogP contribution is -2.13. The highest BCUT2D eigenvalue weighted by molar-refractivity contribution is 7.13. The van der Waals surface area contributed by atoms with Gasteiger partial charge in [-0.1, -0.05) is 6.07 Å². The summed E-state index contributed by atoms with van der Waals surface area (Å²) >= 11 is 1.40. The first-order valence-electron chi connectivity index (χ1n) is 10.6. The van der Waals surface area contributed by atoms with Gasteiger partial charge in [0, 0.05) is 36.1 Å². The lowest BCUT2D eigenvalue weighted by Gasteiger charge is -2.11. The van der Waals surface area contributed by atoms with Gasteiger partial charge in [0.1, 0.15) is 16.4 Å². The van der Waals surface area contributed by atoms with E-state index in [2.05, 4.69) is 25.5 Å². The molecule has 1 aliphatic rings. The lowest BCUT2D eigenvalue weighted by atomic mass is 10.2. The van der Waals surface area contributed by atoms with Crippen molar-refractivity contribution in [3.63, 3.8) is 0 Å². The average Bonchev–Trinajstić information content (AvgIpc) is 3.61. The first-order valence-corrected chi connectivity index (χ1v) is 11.5. The smallest absolute Gasteiger partial charge is 0.275 e. The molecule has 0 aromatic carbocycles. The fourth-order valence-electron chi connectivity index (χ4n) is 3.97. The topological polar surface area (TPSA) is 111 Å². The largest absolute Gasteiger partial charge is 0.378 e. The van der Waals surface area contributed by atoms with Gasteiger partial charge in [-0.2, -0.15) is 10.2 Å². The minimum atomic E-state index is -0.286. The van der Waals surface area contributed by atoms with Crippen LogP contribution in [0.5, 0.6) is 0 Å². The van der Waals surface area contributed by atoms with Crippen molar-refractivity contribution >= 4 is 22.9 Å². The summed E-state index contributed by atoms with van der Waals surface area (Å²) in [6.45, 7) is 2.73. The van der Waals surface area contributed by atoms with Crippen LogP contribution in [-0.2, 0) is 4.74 Å². The predicted molar refractivity (Wildman–Crippen MR) is 121 cm³/mol. The lowest BCUT2D eigenvalue weighted by molar-refractivity contribution is 0.0654. The molecular formula is C22H23N7O2S. The first-order chi connectivity index (χ1) is 15.7. The van der Waals surface area contributed by atoms with Gasteiger partial charge in [-0.05, 0) is 38.3 Å². The number of hydrogen-bond donors (Lipinski definition) is 2. The molecule has 0 spiro atoms. The number of pyridine rings is 1. The van der Waals surface area contributed by atoms with Gasteiger partial charge in [0.25, 0.3) is 5.91 Å². The fraction of sp³-hybridized carbons (Fsp3) is 0.318. The van der Waals surface area contributed by atoms with E-state index in [1.54, 1.807) is 24.0 Å². The van der Waals surface area contributed by atoms with Crippen LogP contribution in [-0.4, -0.2) is 48.6 Å². The summed E-state index contributed by atoms with van der Waals surface area (Å²) in [5.74, 6) is -0.286. The van der Waals surface area contributed by atoms with Crippen LogP contribution >= 0.6 is 11.3 Å². The average molecular weight is 450 g/mol. The zero-order chi connectivity index (χ0) is 21.9. The summed E-state index contributed by atoms with van der Waals surface area (Å²) in [5.41, 5.74) is 3.16. The van der Waals surface area contributed by atoms with Gasteiger partial charge in [0.05, 0.1) is 29.7 Å². The molecule has 5 rings (SSSR count). The standard InChI is InChI=1S/C22H23N7O2S/c1-2-31-16-7-6-15(9-16)29-12-18(20(28-29)17-5-3-4-8-23-17)26-21(30)19-13-32-22(27-19)14-10-24-25-11-14/h3-5,8,10-13,15-16H,2,6-7,9H2,1H3,(H,24,25)(H,26,30). The molecule has 4 aromatic rings. The van der Waals surface area contributed by atoms with Gasteiger partial charge in [-0.25, -0.2) is 4.98 Å². The summed E-state index contributed by atoms with van der Waals surface area (Å²) in [6, 6.07) is 5.88. The van der Waals surface area contributed by atoms with Crippen LogP contribution in [0.1, 0.15) is 42.7 Å². The number of carbonyl (C=O) groups is 1. The second-order valence-corrected chi connectivity index (χ2v) is 8.47. The van der Waals surface area contributed by atoms with E-state index in [0.29, 0.717) is 29.4 Å². The fourth-order valence-corrected chi connectivity index (χ4v) is 4.75. The third-order valence-electron chi connectivity index (χ3n) is 5.50. The molecule has 32 heavy (non-hydrogen) atoms. The van der Waals surface area contributed by atoms with Gasteiger partial charge in [-0.3, -0.25) is 19.6 Å². The predicted octanol–water partition coefficient (Wildman–Crippen LogP) is 4.17. The number of nitrogens with zero attached hydrogens (tertiary/aromatic N) is 5. The molecular weight excluding hydrogens is 426 g/mol. The first kappa shape index (κ1) is 20.5. The Kier molecular flexibility index (Phi) is 5.78. The highest BCUT2D eigenvalue weighted by atomic mass is 32.1. The number of aromatic nitrogens is 6. The molecule has 1 aliphatic carbocycles. The molecule has 1 fully saturated rings. The zero-order valence-electron chi connectivity index (χ0n) is 17.6. The summed E-state index contributed by atoms with van der Waals surface area (Å²) in [4.78, 5) is 21.9. The van der Waals surface area contributed by atoms with E-state index < -0.39 is 0 Å². The van der Waals surface area contributed by atoms with Crippen molar-refractivity contribution < 1.29 is 9.53 Å². The molecule has 4 heterocycles. The van der Waals surface area contributed by atoms with Crippen LogP contribution in [0.4, 0.5) is 5.69 Å². The minimum absolute atomic E-state index is 0.228. The number of carbonyl (C=O) groups excluding carboxylic acids is 1. The summed E-state index contributed by atoms with van der Waals surface area (Å²) in [6.07, 6.45) is 10.2. The maximum absolute atomic E-state index is 13.0. The van der Waals surface area contributed by atoms with Crippen molar-refractivity contribution in [3.05, 3.63) is 54.1 Å². The third kappa shape index (κ3) is 4.19. The molecule has 2 atom stereocenters. The molecule has 0 bridgehead atoms. The Balaban J connectivity index is 1.41. The van der Waals surface area contributed by atoms with Gasteiger partial charge in [0.2, 0.25) is 0 Å². The van der Waals surface area contributed by atoms with Gasteiger partial charge in [0.15, 0.2) is 0 Å². The number of anilines is 1. The van der Waals surface area contributed by atoms with Crippen LogP contribution in [0.25, 0.3) is 22.0 Å². The van der Waals surface area contributed by atoms with Gasteiger partial charge < -0.3 is 10.1 Å². The quantitative estimate of drug-likeness (QED) is 0.438. The Labute approximate surface area is 188 Å². The van der Waals surface area contributed by atoms with E-state index in [1.807, 2.05) is 36.0 Å². The number of hydrogen-bond acceptors (Lipinski definition) is 7. The maximum Gasteiger partial charge on any atom is 0.275 e. The highest BCUT2D eigenvalue weighted by Crippen LogP contribution is 2.35. The Morgan fingerprint density at radius 1 is 1.38 bits per heavy atom. The molecule has 1 amide bonds. The summed E-state index contributed by atoms with van der Waals surface area (Å²) in [7, 11) is 0. The number of thiazole rings is 1. The zero-order valence-corrected chi connectivity index (χ0v) is 18.4. The second kappa shape index (κ2) is 9.01. The van der Waals surface area contributed by atoms with E-state index in [9.17, 15) is 4.79 Å². The summed E-state index contributed by atoms with van der Waals surface area (Å²) in [5, 5.41) is 17.0. The number of rotatable bonds is 7. The monoisotopic (exact) mass is 449 g/mol. The molecule has 2 unspecified atom stereocenters. The number of aromatic amines is 1. The molecule has 10 heteroatoms. The van der Waals surface area contributed by atoms with Crippen molar-refractivity contribution in [1.29, 1.82) is 0 Å². The molecule has 9 nitrogen and oxygen atoms in total. The molecule has 0 saturated heterocycles. The Morgan fingerprint density at radius 3 is 3.09 bits per heavy atom. The van der Waals surface area contributed by atoms with Crippen molar-refractivity contribution in [3.8, 4) is 22.0 Å².